The van der Waals surface area contributed by atoms with Crippen molar-refractivity contribution in [3.63, 3.8) is 0 Å². The maximum atomic E-state index is 12.6. The third-order valence-electron chi connectivity index (χ3n) is 2.01. The number of rotatable bonds is 2. The maximum Gasteiger partial charge on any atom is 0.391 e. The molecule has 0 radical (unpaired) electrons. The van der Waals surface area contributed by atoms with Crippen molar-refractivity contribution < 1.29 is 23.2 Å². The molecule has 16 heavy (non-hydrogen) atoms. The molecule has 1 heterocycles. The fraction of sp³-hybridized carbons (Fsp3) is 0. The van der Waals surface area contributed by atoms with Gasteiger partial charge in [-0.2, -0.15) is 0 Å². The lowest BCUT2D eigenvalue weighted by Crippen LogP contribution is -1.98. The molecule has 2 N–H and O–H groups in total. The summed E-state index contributed by atoms with van der Waals surface area (Å²) in [5.41, 5.74) is 0.160. The molecule has 0 aliphatic carbocycles. The van der Waals surface area contributed by atoms with Crippen LogP contribution in [0.4, 0.5) is 4.39 Å². The van der Waals surface area contributed by atoms with Gasteiger partial charge in [0.1, 0.15) is 11.6 Å². The van der Waals surface area contributed by atoms with Crippen molar-refractivity contribution in [3.05, 3.63) is 42.2 Å². The molecule has 2 aromatic rings. The van der Waals surface area contributed by atoms with E-state index in [1.807, 2.05) is 0 Å². The summed E-state index contributed by atoms with van der Waals surface area (Å²) in [4.78, 5) is 17.7. The maximum absolute atomic E-state index is 12.6. The van der Waals surface area contributed by atoms with Crippen molar-refractivity contribution >= 4 is 13.1 Å². The lowest BCUT2D eigenvalue weighted by atomic mass is 10.2. The highest BCUT2D eigenvalue weighted by Gasteiger charge is 2.22. The normalized spacial score (nSPS) is 11.7. The Morgan fingerprint density at radius 3 is 2.19 bits per heavy atom. The minimum atomic E-state index is -4.37. The first-order chi connectivity index (χ1) is 7.47. The van der Waals surface area contributed by atoms with Gasteiger partial charge in [-0.25, -0.2) is 4.39 Å². The summed E-state index contributed by atoms with van der Waals surface area (Å²) in [5, 5.41) is 0. The molecule has 4 nitrogen and oxygen atoms in total. The Balaban J connectivity index is 2.39. The van der Waals surface area contributed by atoms with E-state index >= 15 is 0 Å². The van der Waals surface area contributed by atoms with Gasteiger partial charge in [-0.05, 0) is 36.4 Å². The minimum Gasteiger partial charge on any atom is -0.448 e. The van der Waals surface area contributed by atoms with Crippen LogP contribution in [0.1, 0.15) is 0 Å². The topological polar surface area (TPSA) is 70.7 Å². The molecular weight excluding hydrogens is 234 g/mol. The largest absolute Gasteiger partial charge is 0.448 e. The summed E-state index contributed by atoms with van der Waals surface area (Å²) in [7, 11) is -4.37. The summed E-state index contributed by atoms with van der Waals surface area (Å²) in [6, 6.07) is 8.07. The van der Waals surface area contributed by atoms with Crippen molar-refractivity contribution in [2.24, 2.45) is 0 Å². The van der Waals surface area contributed by atoms with E-state index in [2.05, 4.69) is 0 Å². The van der Waals surface area contributed by atoms with Crippen molar-refractivity contribution in [1.82, 2.24) is 0 Å². The second-order valence-electron chi connectivity index (χ2n) is 3.19. The van der Waals surface area contributed by atoms with Gasteiger partial charge in [-0.1, -0.05) is 0 Å². The van der Waals surface area contributed by atoms with Gasteiger partial charge in [0.25, 0.3) is 0 Å². The number of hydrogen-bond acceptors (Lipinski definition) is 2. The summed E-state index contributed by atoms with van der Waals surface area (Å²) in [6.07, 6.45) is 0. The quantitative estimate of drug-likeness (QED) is 0.789. The van der Waals surface area contributed by atoms with Gasteiger partial charge >= 0.3 is 7.60 Å². The van der Waals surface area contributed by atoms with Gasteiger partial charge in [0, 0.05) is 5.56 Å². The van der Waals surface area contributed by atoms with Crippen LogP contribution < -0.4 is 5.50 Å². The SMILES string of the molecule is O=P(O)(O)c1ccc(-c2ccc(F)cc2)o1. The third-order valence-corrected chi connectivity index (χ3v) is 2.82. The van der Waals surface area contributed by atoms with Crippen LogP contribution in [0.2, 0.25) is 0 Å². The zero-order valence-electron chi connectivity index (χ0n) is 8.00. The molecule has 1 aromatic carbocycles. The highest BCUT2D eigenvalue weighted by molar-refractivity contribution is 7.59. The van der Waals surface area contributed by atoms with Crippen molar-refractivity contribution in [2.45, 2.75) is 0 Å². The molecule has 0 bridgehead atoms. The molecule has 0 spiro atoms. The van der Waals surface area contributed by atoms with E-state index in [9.17, 15) is 8.96 Å². The van der Waals surface area contributed by atoms with Gasteiger partial charge < -0.3 is 14.2 Å². The first-order valence-electron chi connectivity index (χ1n) is 4.39. The Morgan fingerprint density at radius 2 is 1.69 bits per heavy atom. The number of hydrogen-bond donors (Lipinski definition) is 2. The monoisotopic (exact) mass is 242 g/mol. The fourth-order valence-electron chi connectivity index (χ4n) is 1.25. The van der Waals surface area contributed by atoms with E-state index in [0.29, 0.717) is 11.3 Å². The van der Waals surface area contributed by atoms with Crippen LogP contribution in [0.15, 0.2) is 40.8 Å². The first-order valence-corrected chi connectivity index (χ1v) is 6.00. The molecule has 6 heteroatoms. The predicted octanol–water partition coefficient (Wildman–Crippen LogP) is 1.89. The Bertz CT molecular complexity index is 540. The molecule has 0 unspecified atom stereocenters. The van der Waals surface area contributed by atoms with Crippen molar-refractivity contribution in [2.75, 3.05) is 0 Å². The van der Waals surface area contributed by atoms with Crippen molar-refractivity contribution in [1.29, 1.82) is 0 Å². The van der Waals surface area contributed by atoms with E-state index in [4.69, 9.17) is 14.2 Å². The van der Waals surface area contributed by atoms with E-state index in [1.54, 1.807) is 0 Å². The Labute approximate surface area is 90.5 Å². The summed E-state index contributed by atoms with van der Waals surface area (Å²) in [6.45, 7) is 0. The standard InChI is InChI=1S/C10H8FO4P/c11-8-3-1-7(2-4-8)9-5-6-10(15-9)16(12,13)14/h1-6H,(H2,12,13,14). The molecule has 2 rings (SSSR count). The van der Waals surface area contributed by atoms with Crippen LogP contribution in [-0.4, -0.2) is 9.79 Å². The van der Waals surface area contributed by atoms with Crippen LogP contribution in [0, 0.1) is 5.82 Å². The van der Waals surface area contributed by atoms with Crippen LogP contribution in [-0.2, 0) is 4.57 Å². The van der Waals surface area contributed by atoms with Gasteiger partial charge in [0.05, 0.1) is 0 Å². The van der Waals surface area contributed by atoms with E-state index in [1.165, 1.54) is 36.4 Å². The molecule has 0 saturated carbocycles. The van der Waals surface area contributed by atoms with E-state index < -0.39 is 13.1 Å². The van der Waals surface area contributed by atoms with E-state index in [0.717, 1.165) is 0 Å². The summed E-state index contributed by atoms with van der Waals surface area (Å²) < 4.78 is 28.5. The van der Waals surface area contributed by atoms with Gasteiger partial charge in [-0.3, -0.25) is 4.57 Å². The average molecular weight is 242 g/mol. The lowest BCUT2D eigenvalue weighted by Gasteiger charge is -1.99. The van der Waals surface area contributed by atoms with Gasteiger partial charge in [0.15, 0.2) is 0 Å². The molecular formula is C10H8FO4P. The van der Waals surface area contributed by atoms with Crippen LogP contribution >= 0.6 is 7.60 Å². The zero-order valence-corrected chi connectivity index (χ0v) is 8.89. The lowest BCUT2D eigenvalue weighted by molar-refractivity contribution is 0.377. The average Bonchev–Trinajstić information content (AvgIpc) is 2.67. The van der Waals surface area contributed by atoms with Gasteiger partial charge in [0.2, 0.25) is 5.50 Å². The van der Waals surface area contributed by atoms with Crippen LogP contribution in [0.3, 0.4) is 0 Å². The number of furan rings is 1. The summed E-state index contributed by atoms with van der Waals surface area (Å²) in [5.74, 6) is -0.0937. The summed E-state index contributed by atoms with van der Waals surface area (Å²) >= 11 is 0. The molecule has 0 aliphatic heterocycles. The second kappa shape index (κ2) is 3.87. The molecule has 84 valence electrons. The Morgan fingerprint density at radius 1 is 1.06 bits per heavy atom. The van der Waals surface area contributed by atoms with Crippen molar-refractivity contribution in [3.8, 4) is 11.3 Å². The molecule has 0 fully saturated rings. The highest BCUT2D eigenvalue weighted by Crippen LogP contribution is 2.35. The predicted molar refractivity (Wildman–Crippen MR) is 55.8 cm³/mol. The smallest absolute Gasteiger partial charge is 0.391 e. The third kappa shape index (κ3) is 2.22. The van der Waals surface area contributed by atoms with Gasteiger partial charge in [-0.15, -0.1) is 0 Å². The Kier molecular flexibility index (Phi) is 2.68. The molecule has 0 amide bonds. The molecule has 0 atom stereocenters. The Hall–Kier alpha value is -1.42. The number of benzene rings is 1. The number of halogens is 1. The highest BCUT2D eigenvalue weighted by atomic mass is 31.2. The minimum absolute atomic E-state index is 0.290. The molecule has 1 aromatic heterocycles. The van der Waals surface area contributed by atoms with Crippen LogP contribution in [0.5, 0.6) is 0 Å². The fourth-order valence-corrected chi connectivity index (χ4v) is 1.74. The second-order valence-corrected chi connectivity index (χ2v) is 4.72. The molecule has 0 saturated heterocycles. The zero-order chi connectivity index (χ0) is 11.8. The molecule has 0 aliphatic rings. The van der Waals surface area contributed by atoms with Crippen LogP contribution in [0.25, 0.3) is 11.3 Å². The van der Waals surface area contributed by atoms with E-state index in [-0.39, 0.29) is 5.82 Å². The first kappa shape index (κ1) is 11.1.